The van der Waals surface area contributed by atoms with Gasteiger partial charge in [0.25, 0.3) is 0 Å². The van der Waals surface area contributed by atoms with E-state index < -0.39 is 0 Å². The second kappa shape index (κ2) is 8.86. The van der Waals surface area contributed by atoms with E-state index in [1.807, 2.05) is 42.3 Å². The summed E-state index contributed by atoms with van der Waals surface area (Å²) in [5.41, 5.74) is 2.51. The summed E-state index contributed by atoms with van der Waals surface area (Å²) in [4.78, 5) is 16.2. The number of nitrogens with zero attached hydrogens (tertiary/aromatic N) is 1. The van der Waals surface area contributed by atoms with Gasteiger partial charge >= 0.3 is 0 Å². The molecule has 1 saturated heterocycles. The summed E-state index contributed by atoms with van der Waals surface area (Å²) >= 11 is 0. The second-order valence-electron chi connectivity index (χ2n) is 7.23. The molecule has 0 aliphatic carbocycles. The van der Waals surface area contributed by atoms with Crippen LogP contribution in [-0.4, -0.2) is 38.1 Å². The third kappa shape index (κ3) is 4.85. The number of benzene rings is 2. The number of piperidine rings is 1. The van der Waals surface area contributed by atoms with Gasteiger partial charge in [-0.1, -0.05) is 30.3 Å². The van der Waals surface area contributed by atoms with Gasteiger partial charge < -0.3 is 14.5 Å². The molecule has 26 heavy (non-hydrogen) atoms. The minimum atomic E-state index is 0.170. The predicted octanol–water partition coefficient (Wildman–Crippen LogP) is 2.15. The first-order valence-electron chi connectivity index (χ1n) is 9.41. The first kappa shape index (κ1) is 18.5. The van der Waals surface area contributed by atoms with Crippen molar-refractivity contribution >= 4 is 5.91 Å². The summed E-state index contributed by atoms with van der Waals surface area (Å²) in [5, 5.41) is 0. The van der Waals surface area contributed by atoms with Gasteiger partial charge in [0, 0.05) is 37.9 Å². The molecule has 0 unspecified atom stereocenters. The van der Waals surface area contributed by atoms with Crippen molar-refractivity contribution in [3.63, 3.8) is 0 Å². The molecule has 1 aliphatic rings. The van der Waals surface area contributed by atoms with Crippen LogP contribution in [0.5, 0.6) is 5.75 Å². The van der Waals surface area contributed by atoms with E-state index in [0.717, 1.165) is 38.2 Å². The van der Waals surface area contributed by atoms with Crippen molar-refractivity contribution in [1.82, 2.24) is 4.90 Å². The molecule has 4 heteroatoms. The number of amides is 1. The largest absolute Gasteiger partial charge is 0.497 e. The van der Waals surface area contributed by atoms with Crippen LogP contribution in [0, 0.1) is 5.92 Å². The van der Waals surface area contributed by atoms with Crippen molar-refractivity contribution in [2.45, 2.75) is 25.9 Å². The number of rotatable bonds is 6. The fraction of sp³-hybridized carbons (Fsp3) is 0.409. The van der Waals surface area contributed by atoms with Gasteiger partial charge in [0.1, 0.15) is 12.3 Å². The molecule has 1 aliphatic heterocycles. The quantitative estimate of drug-likeness (QED) is 0.863. The Labute approximate surface area is 156 Å². The third-order valence-corrected chi connectivity index (χ3v) is 5.29. The summed E-state index contributed by atoms with van der Waals surface area (Å²) in [7, 11) is 3.61. The minimum absolute atomic E-state index is 0.170. The number of quaternary nitrogens is 1. The van der Waals surface area contributed by atoms with Crippen LogP contribution in [0.4, 0.5) is 0 Å². The summed E-state index contributed by atoms with van der Waals surface area (Å²) in [6.45, 7) is 3.83. The molecule has 0 aromatic heterocycles. The number of carbonyl (C=O) groups excluding carboxylic acids is 1. The molecular weight excluding hydrogens is 324 g/mol. The fourth-order valence-electron chi connectivity index (χ4n) is 3.73. The maximum Gasteiger partial charge on any atom is 0.226 e. The molecule has 1 fully saturated rings. The maximum atomic E-state index is 12.7. The molecule has 3 rings (SSSR count). The Morgan fingerprint density at radius 1 is 1.04 bits per heavy atom. The molecule has 1 N–H and O–H groups in total. The Kier molecular flexibility index (Phi) is 6.29. The lowest BCUT2D eigenvalue weighted by Gasteiger charge is -2.31. The van der Waals surface area contributed by atoms with E-state index in [1.165, 1.54) is 11.1 Å². The highest BCUT2D eigenvalue weighted by molar-refractivity contribution is 5.78. The number of methoxy groups -OCH3 is 1. The van der Waals surface area contributed by atoms with Crippen molar-refractivity contribution in [2.75, 3.05) is 27.2 Å². The van der Waals surface area contributed by atoms with Gasteiger partial charge in [0.05, 0.1) is 20.2 Å². The zero-order chi connectivity index (χ0) is 18.4. The number of carbonyl (C=O) groups is 1. The highest BCUT2D eigenvalue weighted by atomic mass is 16.5. The van der Waals surface area contributed by atoms with Gasteiger partial charge in [-0.05, 0) is 29.8 Å². The smallest absolute Gasteiger partial charge is 0.226 e. The zero-order valence-corrected chi connectivity index (χ0v) is 15.8. The lowest BCUT2D eigenvalue weighted by Crippen LogP contribution is -3.11. The van der Waals surface area contributed by atoms with E-state index in [2.05, 4.69) is 24.3 Å². The third-order valence-electron chi connectivity index (χ3n) is 5.29. The monoisotopic (exact) mass is 353 g/mol. The molecule has 1 amide bonds. The van der Waals surface area contributed by atoms with Crippen molar-refractivity contribution < 1.29 is 14.4 Å². The molecule has 0 bridgehead atoms. The SMILES string of the molecule is COc1ccc(C[NH+]2CCC(C(=O)N(C)Cc3ccccc3)CC2)cc1. The summed E-state index contributed by atoms with van der Waals surface area (Å²) in [6, 6.07) is 18.5. The van der Waals surface area contributed by atoms with Crippen molar-refractivity contribution in [3.05, 3.63) is 65.7 Å². The first-order chi connectivity index (χ1) is 12.7. The van der Waals surface area contributed by atoms with Crippen molar-refractivity contribution in [3.8, 4) is 5.75 Å². The van der Waals surface area contributed by atoms with E-state index in [9.17, 15) is 4.79 Å². The minimum Gasteiger partial charge on any atom is -0.497 e. The first-order valence-corrected chi connectivity index (χ1v) is 9.41. The van der Waals surface area contributed by atoms with Crippen LogP contribution in [0.3, 0.4) is 0 Å². The molecule has 1 heterocycles. The van der Waals surface area contributed by atoms with Gasteiger partial charge in [0.2, 0.25) is 5.91 Å². The number of nitrogens with one attached hydrogen (secondary N) is 1. The Balaban J connectivity index is 1.47. The van der Waals surface area contributed by atoms with Gasteiger partial charge in [-0.3, -0.25) is 4.79 Å². The summed E-state index contributed by atoms with van der Waals surface area (Å²) in [5.74, 6) is 1.36. The highest BCUT2D eigenvalue weighted by Gasteiger charge is 2.29. The topological polar surface area (TPSA) is 34.0 Å². The van der Waals surface area contributed by atoms with Crippen LogP contribution in [-0.2, 0) is 17.9 Å². The van der Waals surface area contributed by atoms with Crippen LogP contribution in [0.1, 0.15) is 24.0 Å². The molecule has 2 aromatic carbocycles. The van der Waals surface area contributed by atoms with Crippen LogP contribution < -0.4 is 9.64 Å². The number of hydrogen-bond donors (Lipinski definition) is 1. The number of likely N-dealkylation sites (tertiary alicyclic amines) is 1. The molecule has 0 saturated carbocycles. The number of ether oxygens (including phenoxy) is 1. The van der Waals surface area contributed by atoms with E-state index in [0.29, 0.717) is 6.54 Å². The number of hydrogen-bond acceptors (Lipinski definition) is 2. The van der Waals surface area contributed by atoms with E-state index in [1.54, 1.807) is 12.0 Å². The standard InChI is InChI=1S/C22H28N2O2/c1-23(16-18-6-4-3-5-7-18)22(25)20-12-14-24(15-13-20)17-19-8-10-21(26-2)11-9-19/h3-11,20H,12-17H2,1-2H3/p+1. The normalized spacial score (nSPS) is 19.8. The van der Waals surface area contributed by atoms with Crippen molar-refractivity contribution in [2.24, 2.45) is 5.92 Å². The Morgan fingerprint density at radius 2 is 1.69 bits per heavy atom. The molecule has 0 radical (unpaired) electrons. The molecule has 0 spiro atoms. The van der Waals surface area contributed by atoms with E-state index in [-0.39, 0.29) is 11.8 Å². The van der Waals surface area contributed by atoms with E-state index in [4.69, 9.17) is 4.74 Å². The lowest BCUT2D eigenvalue weighted by atomic mass is 9.95. The highest BCUT2D eigenvalue weighted by Crippen LogP contribution is 2.16. The van der Waals surface area contributed by atoms with Crippen LogP contribution in [0.15, 0.2) is 54.6 Å². The molecule has 4 nitrogen and oxygen atoms in total. The molecule has 2 aromatic rings. The van der Waals surface area contributed by atoms with Gasteiger partial charge in [0.15, 0.2) is 0 Å². The molecular formula is C22H29N2O2+. The van der Waals surface area contributed by atoms with E-state index >= 15 is 0 Å². The Bertz CT molecular complexity index is 692. The molecule has 138 valence electrons. The molecule has 0 atom stereocenters. The maximum absolute atomic E-state index is 12.7. The predicted molar refractivity (Wildman–Crippen MR) is 103 cm³/mol. The summed E-state index contributed by atoms with van der Waals surface area (Å²) < 4.78 is 5.22. The second-order valence-corrected chi connectivity index (χ2v) is 7.23. The van der Waals surface area contributed by atoms with Gasteiger partial charge in [-0.25, -0.2) is 0 Å². The lowest BCUT2D eigenvalue weighted by molar-refractivity contribution is -0.919. The fourth-order valence-corrected chi connectivity index (χ4v) is 3.73. The average Bonchev–Trinajstić information content (AvgIpc) is 2.69. The summed E-state index contributed by atoms with van der Waals surface area (Å²) in [6.07, 6.45) is 1.95. The zero-order valence-electron chi connectivity index (χ0n) is 15.8. The van der Waals surface area contributed by atoms with Crippen LogP contribution >= 0.6 is 0 Å². The van der Waals surface area contributed by atoms with Crippen LogP contribution in [0.2, 0.25) is 0 Å². The van der Waals surface area contributed by atoms with Crippen molar-refractivity contribution in [1.29, 1.82) is 0 Å². The van der Waals surface area contributed by atoms with Crippen LogP contribution in [0.25, 0.3) is 0 Å². The van der Waals surface area contributed by atoms with Gasteiger partial charge in [-0.15, -0.1) is 0 Å². The van der Waals surface area contributed by atoms with Gasteiger partial charge in [-0.2, -0.15) is 0 Å². The Hall–Kier alpha value is -2.33. The Morgan fingerprint density at radius 3 is 2.31 bits per heavy atom. The average molecular weight is 353 g/mol.